The normalized spacial score (nSPS) is 26.2. The van der Waals surface area contributed by atoms with E-state index in [4.69, 9.17) is 10.6 Å². The first-order chi connectivity index (χ1) is 9.28. The standard InChI is InChI=1S/C12H17N5O2/c13-17-10-6-14-5-9(15-10)12(18)16-8-3-4-19-11(8)7-1-2-7/h5-8,11H,1-4,13H2,(H,15,17)(H,16,18). The SMILES string of the molecule is NNc1cncc(C(=O)NC2CCOC2C2CC2)n1. The fourth-order valence-corrected chi connectivity index (χ4v) is 2.44. The molecule has 7 heteroatoms. The van der Waals surface area contributed by atoms with E-state index in [0.29, 0.717) is 18.3 Å². The number of nitrogen functional groups attached to an aromatic ring is 1. The van der Waals surface area contributed by atoms with Crippen LogP contribution in [0.5, 0.6) is 0 Å². The lowest BCUT2D eigenvalue weighted by atomic mass is 10.1. The molecule has 0 aromatic carbocycles. The van der Waals surface area contributed by atoms with Crippen molar-refractivity contribution in [3.05, 3.63) is 18.1 Å². The van der Waals surface area contributed by atoms with Gasteiger partial charge in [0.05, 0.1) is 24.5 Å². The number of hydrazine groups is 1. The van der Waals surface area contributed by atoms with Crippen molar-refractivity contribution < 1.29 is 9.53 Å². The molecule has 1 aliphatic heterocycles. The molecule has 0 spiro atoms. The highest BCUT2D eigenvalue weighted by Gasteiger charge is 2.41. The fourth-order valence-electron chi connectivity index (χ4n) is 2.44. The van der Waals surface area contributed by atoms with Gasteiger partial charge in [-0.2, -0.15) is 0 Å². The van der Waals surface area contributed by atoms with E-state index < -0.39 is 0 Å². The van der Waals surface area contributed by atoms with Crippen LogP contribution < -0.4 is 16.6 Å². The highest BCUT2D eigenvalue weighted by molar-refractivity contribution is 5.92. The molecule has 102 valence electrons. The number of nitrogens with two attached hydrogens (primary N) is 1. The average molecular weight is 263 g/mol. The van der Waals surface area contributed by atoms with E-state index in [-0.39, 0.29) is 23.7 Å². The Bertz CT molecular complexity index is 477. The van der Waals surface area contributed by atoms with E-state index in [1.807, 2.05) is 0 Å². The maximum atomic E-state index is 12.1. The molecule has 1 aromatic heterocycles. The highest BCUT2D eigenvalue weighted by Crippen LogP contribution is 2.38. The molecule has 1 saturated carbocycles. The minimum atomic E-state index is -0.231. The second-order valence-electron chi connectivity index (χ2n) is 4.98. The quantitative estimate of drug-likeness (QED) is 0.524. The van der Waals surface area contributed by atoms with E-state index in [1.54, 1.807) is 0 Å². The lowest BCUT2D eigenvalue weighted by Crippen LogP contribution is -2.41. The number of anilines is 1. The van der Waals surface area contributed by atoms with Gasteiger partial charge in [0, 0.05) is 6.61 Å². The molecule has 19 heavy (non-hydrogen) atoms. The second-order valence-corrected chi connectivity index (χ2v) is 4.98. The summed E-state index contributed by atoms with van der Waals surface area (Å²) in [6, 6.07) is 0.0799. The zero-order valence-electron chi connectivity index (χ0n) is 10.5. The Kier molecular flexibility index (Phi) is 3.31. The number of rotatable bonds is 4. The molecule has 1 aromatic rings. The molecule has 7 nitrogen and oxygen atoms in total. The van der Waals surface area contributed by atoms with Gasteiger partial charge < -0.3 is 15.5 Å². The third-order valence-electron chi connectivity index (χ3n) is 3.55. The minimum Gasteiger partial charge on any atom is -0.376 e. The number of hydrogen-bond acceptors (Lipinski definition) is 6. The van der Waals surface area contributed by atoms with E-state index in [9.17, 15) is 4.79 Å². The average Bonchev–Trinajstić information content (AvgIpc) is 3.19. The predicted molar refractivity (Wildman–Crippen MR) is 68.2 cm³/mol. The lowest BCUT2D eigenvalue weighted by Gasteiger charge is -2.19. The molecule has 0 radical (unpaired) electrons. The third-order valence-corrected chi connectivity index (χ3v) is 3.55. The first-order valence-corrected chi connectivity index (χ1v) is 6.49. The summed E-state index contributed by atoms with van der Waals surface area (Å²) in [5.74, 6) is 5.99. The number of carbonyl (C=O) groups is 1. The van der Waals surface area contributed by atoms with Crippen molar-refractivity contribution in [3.63, 3.8) is 0 Å². The number of aromatic nitrogens is 2. The monoisotopic (exact) mass is 263 g/mol. The Labute approximate surface area is 110 Å². The number of nitrogens with zero attached hydrogens (tertiary/aromatic N) is 2. The van der Waals surface area contributed by atoms with Crippen LogP contribution in [-0.4, -0.2) is 34.6 Å². The second kappa shape index (κ2) is 5.10. The van der Waals surface area contributed by atoms with Crippen LogP contribution in [0.3, 0.4) is 0 Å². The summed E-state index contributed by atoms with van der Waals surface area (Å²) in [6.07, 6.45) is 6.30. The zero-order valence-corrected chi connectivity index (χ0v) is 10.5. The van der Waals surface area contributed by atoms with Crippen LogP contribution in [0.15, 0.2) is 12.4 Å². The summed E-state index contributed by atoms with van der Waals surface area (Å²) < 4.78 is 5.69. The van der Waals surface area contributed by atoms with Gasteiger partial charge in [-0.3, -0.25) is 9.78 Å². The minimum absolute atomic E-state index is 0.0799. The van der Waals surface area contributed by atoms with Crippen LogP contribution >= 0.6 is 0 Å². The summed E-state index contributed by atoms with van der Waals surface area (Å²) in [7, 11) is 0. The number of hydrogen-bond donors (Lipinski definition) is 3. The van der Waals surface area contributed by atoms with E-state index >= 15 is 0 Å². The van der Waals surface area contributed by atoms with Crippen molar-refractivity contribution in [2.75, 3.05) is 12.0 Å². The van der Waals surface area contributed by atoms with Gasteiger partial charge in [0.1, 0.15) is 5.69 Å². The Morgan fingerprint density at radius 3 is 2.95 bits per heavy atom. The van der Waals surface area contributed by atoms with Gasteiger partial charge >= 0.3 is 0 Å². The maximum absolute atomic E-state index is 12.1. The molecular formula is C12H17N5O2. The first-order valence-electron chi connectivity index (χ1n) is 6.49. The molecule has 2 atom stereocenters. The maximum Gasteiger partial charge on any atom is 0.271 e. The summed E-state index contributed by atoms with van der Waals surface area (Å²) in [4.78, 5) is 20.1. The molecule has 2 fully saturated rings. The van der Waals surface area contributed by atoms with Crippen molar-refractivity contribution in [1.29, 1.82) is 0 Å². The predicted octanol–water partition coefficient (Wildman–Crippen LogP) is 0.0595. The molecular weight excluding hydrogens is 246 g/mol. The fraction of sp³-hybridized carbons (Fsp3) is 0.583. The molecule has 4 N–H and O–H groups in total. The number of ether oxygens (including phenoxy) is 1. The Morgan fingerprint density at radius 2 is 2.21 bits per heavy atom. The lowest BCUT2D eigenvalue weighted by molar-refractivity contribution is 0.0727. The Morgan fingerprint density at radius 1 is 1.37 bits per heavy atom. The van der Waals surface area contributed by atoms with Gasteiger partial charge in [-0.1, -0.05) is 0 Å². The molecule has 1 saturated heterocycles. The van der Waals surface area contributed by atoms with Crippen LogP contribution in [0.4, 0.5) is 5.82 Å². The molecule has 3 rings (SSSR count). The van der Waals surface area contributed by atoms with Crippen LogP contribution in [0, 0.1) is 5.92 Å². The molecule has 2 unspecified atom stereocenters. The van der Waals surface area contributed by atoms with Gasteiger partial charge in [-0.05, 0) is 25.2 Å². The summed E-state index contributed by atoms with van der Waals surface area (Å²) in [5, 5.41) is 2.98. The van der Waals surface area contributed by atoms with E-state index in [0.717, 1.165) is 6.42 Å². The Balaban J connectivity index is 1.66. The van der Waals surface area contributed by atoms with Crippen molar-refractivity contribution in [3.8, 4) is 0 Å². The largest absolute Gasteiger partial charge is 0.376 e. The number of carbonyl (C=O) groups excluding carboxylic acids is 1. The van der Waals surface area contributed by atoms with Crippen molar-refractivity contribution in [2.45, 2.75) is 31.4 Å². The third kappa shape index (κ3) is 2.66. The molecule has 0 bridgehead atoms. The van der Waals surface area contributed by atoms with Crippen LogP contribution in [0.25, 0.3) is 0 Å². The van der Waals surface area contributed by atoms with Crippen molar-refractivity contribution in [2.24, 2.45) is 11.8 Å². The molecule has 1 aliphatic carbocycles. The van der Waals surface area contributed by atoms with Crippen LogP contribution in [0.1, 0.15) is 29.8 Å². The van der Waals surface area contributed by atoms with Gasteiger partial charge in [0.15, 0.2) is 5.82 Å². The summed E-state index contributed by atoms with van der Waals surface area (Å²) >= 11 is 0. The number of amides is 1. The van der Waals surface area contributed by atoms with E-state index in [1.165, 1.54) is 25.2 Å². The topological polar surface area (TPSA) is 102 Å². The highest BCUT2D eigenvalue weighted by atomic mass is 16.5. The summed E-state index contributed by atoms with van der Waals surface area (Å²) in [5.41, 5.74) is 2.64. The first kappa shape index (κ1) is 12.3. The van der Waals surface area contributed by atoms with Gasteiger partial charge in [0.2, 0.25) is 0 Å². The van der Waals surface area contributed by atoms with Gasteiger partial charge in [-0.25, -0.2) is 10.8 Å². The molecule has 2 heterocycles. The smallest absolute Gasteiger partial charge is 0.271 e. The van der Waals surface area contributed by atoms with Gasteiger partial charge in [-0.15, -0.1) is 0 Å². The number of nitrogens with one attached hydrogen (secondary N) is 2. The van der Waals surface area contributed by atoms with Crippen molar-refractivity contribution in [1.82, 2.24) is 15.3 Å². The van der Waals surface area contributed by atoms with Crippen LogP contribution in [0.2, 0.25) is 0 Å². The van der Waals surface area contributed by atoms with Crippen LogP contribution in [-0.2, 0) is 4.74 Å². The molecule has 1 amide bonds. The Hall–Kier alpha value is -1.73. The van der Waals surface area contributed by atoms with Gasteiger partial charge in [0.25, 0.3) is 5.91 Å². The van der Waals surface area contributed by atoms with E-state index in [2.05, 4.69) is 20.7 Å². The molecule has 2 aliphatic rings. The summed E-state index contributed by atoms with van der Waals surface area (Å²) in [6.45, 7) is 0.711. The van der Waals surface area contributed by atoms with Crippen molar-refractivity contribution >= 4 is 11.7 Å². The zero-order chi connectivity index (χ0) is 13.2.